The maximum Gasteiger partial charge on any atom is 0.228 e. The zero-order chi connectivity index (χ0) is 17.3. The summed E-state index contributed by atoms with van der Waals surface area (Å²) in [5, 5.41) is 3.08. The largest absolute Gasteiger partial charge is 0.342 e. The van der Waals surface area contributed by atoms with E-state index in [2.05, 4.69) is 19.2 Å². The zero-order valence-corrected chi connectivity index (χ0v) is 15.0. The summed E-state index contributed by atoms with van der Waals surface area (Å²) >= 11 is 0. The van der Waals surface area contributed by atoms with E-state index in [0.717, 1.165) is 49.2 Å². The van der Waals surface area contributed by atoms with Crippen LogP contribution in [0, 0.1) is 24.7 Å². The van der Waals surface area contributed by atoms with E-state index in [9.17, 15) is 9.59 Å². The molecule has 2 unspecified atom stereocenters. The van der Waals surface area contributed by atoms with Crippen molar-refractivity contribution < 1.29 is 9.59 Å². The van der Waals surface area contributed by atoms with Gasteiger partial charge in [-0.1, -0.05) is 32.0 Å². The first-order valence-electron chi connectivity index (χ1n) is 9.19. The third-order valence-electron chi connectivity index (χ3n) is 5.53. The second-order valence-corrected chi connectivity index (χ2v) is 7.41. The minimum absolute atomic E-state index is 0.00253. The van der Waals surface area contributed by atoms with E-state index in [1.807, 2.05) is 30.0 Å². The average Bonchev–Trinajstić information content (AvgIpc) is 3.37. The lowest BCUT2D eigenvalue weighted by molar-refractivity contribution is -0.135. The molecule has 0 radical (unpaired) electrons. The monoisotopic (exact) mass is 328 g/mol. The van der Waals surface area contributed by atoms with Crippen molar-refractivity contribution in [2.45, 2.75) is 46.5 Å². The third kappa shape index (κ3) is 3.47. The minimum Gasteiger partial charge on any atom is -0.342 e. The van der Waals surface area contributed by atoms with Gasteiger partial charge in [-0.05, 0) is 49.7 Å². The van der Waals surface area contributed by atoms with Gasteiger partial charge in [0.15, 0.2) is 0 Å². The normalized spacial score (nSPS) is 23.9. The SMILES string of the molecule is CCc1cccc(C)c1NC(=O)C1CC1C(=O)N1CCC(C)CC1. The lowest BCUT2D eigenvalue weighted by atomic mass is 9.99. The molecule has 2 aliphatic rings. The fraction of sp³-hybridized carbons (Fsp3) is 0.600. The standard InChI is InChI=1S/C20H28N2O2/c1-4-15-7-5-6-14(3)18(15)21-19(23)16-12-17(16)20(24)22-10-8-13(2)9-11-22/h5-7,13,16-17H,4,8-12H2,1-3H3,(H,21,23). The lowest BCUT2D eigenvalue weighted by Gasteiger charge is -2.30. The Morgan fingerprint density at radius 3 is 2.58 bits per heavy atom. The molecule has 1 saturated heterocycles. The van der Waals surface area contributed by atoms with Crippen LogP contribution in [-0.2, 0) is 16.0 Å². The number of piperidine rings is 1. The first-order valence-corrected chi connectivity index (χ1v) is 9.19. The molecule has 2 atom stereocenters. The number of nitrogens with zero attached hydrogens (tertiary/aromatic N) is 1. The molecule has 0 spiro atoms. The number of benzene rings is 1. The molecular weight excluding hydrogens is 300 g/mol. The second-order valence-electron chi connectivity index (χ2n) is 7.41. The number of para-hydroxylation sites is 1. The van der Waals surface area contributed by atoms with Gasteiger partial charge >= 0.3 is 0 Å². The van der Waals surface area contributed by atoms with Gasteiger partial charge in [0.1, 0.15) is 0 Å². The van der Waals surface area contributed by atoms with Crippen molar-refractivity contribution in [3.8, 4) is 0 Å². The number of anilines is 1. The van der Waals surface area contributed by atoms with E-state index in [4.69, 9.17) is 0 Å². The van der Waals surface area contributed by atoms with Crippen molar-refractivity contribution in [1.82, 2.24) is 4.90 Å². The molecule has 130 valence electrons. The summed E-state index contributed by atoms with van der Waals surface area (Å²) in [4.78, 5) is 27.1. The number of aryl methyl sites for hydroxylation is 2. The van der Waals surface area contributed by atoms with Crippen LogP contribution in [0.3, 0.4) is 0 Å². The second kappa shape index (κ2) is 6.96. The van der Waals surface area contributed by atoms with Crippen molar-refractivity contribution in [2.24, 2.45) is 17.8 Å². The summed E-state index contributed by atoms with van der Waals surface area (Å²) in [5.74, 6) is 0.639. The summed E-state index contributed by atoms with van der Waals surface area (Å²) in [6.45, 7) is 8.04. The molecule has 0 bridgehead atoms. The topological polar surface area (TPSA) is 49.4 Å². The van der Waals surface area contributed by atoms with Gasteiger partial charge in [-0.3, -0.25) is 9.59 Å². The molecule has 4 heteroatoms. The maximum absolute atomic E-state index is 12.6. The number of likely N-dealkylation sites (tertiary alicyclic amines) is 1. The Hall–Kier alpha value is -1.84. The number of hydrogen-bond donors (Lipinski definition) is 1. The fourth-order valence-electron chi connectivity index (χ4n) is 3.64. The van der Waals surface area contributed by atoms with Crippen molar-refractivity contribution in [3.05, 3.63) is 29.3 Å². The highest BCUT2D eigenvalue weighted by atomic mass is 16.2. The molecule has 1 aromatic rings. The van der Waals surface area contributed by atoms with Crippen LogP contribution in [0.4, 0.5) is 5.69 Å². The van der Waals surface area contributed by atoms with Gasteiger partial charge in [-0.2, -0.15) is 0 Å². The van der Waals surface area contributed by atoms with Gasteiger partial charge in [0.05, 0.1) is 11.8 Å². The number of carbonyl (C=O) groups is 2. The molecule has 2 amide bonds. The highest BCUT2D eigenvalue weighted by Gasteiger charge is 2.49. The van der Waals surface area contributed by atoms with Crippen LogP contribution < -0.4 is 5.32 Å². The molecule has 1 aromatic carbocycles. The lowest BCUT2D eigenvalue weighted by Crippen LogP contribution is -2.39. The number of hydrogen-bond acceptors (Lipinski definition) is 2. The smallest absolute Gasteiger partial charge is 0.228 e. The van der Waals surface area contributed by atoms with Crippen molar-refractivity contribution in [1.29, 1.82) is 0 Å². The molecule has 1 saturated carbocycles. The van der Waals surface area contributed by atoms with E-state index in [1.54, 1.807) is 0 Å². The van der Waals surface area contributed by atoms with Crippen LogP contribution in [0.1, 0.15) is 44.2 Å². The van der Waals surface area contributed by atoms with Crippen LogP contribution in [0.15, 0.2) is 18.2 Å². The first-order chi connectivity index (χ1) is 11.5. The minimum atomic E-state index is -0.152. The van der Waals surface area contributed by atoms with E-state index in [1.165, 1.54) is 0 Å². The molecule has 1 aliphatic heterocycles. The first kappa shape index (κ1) is 17.0. The Balaban J connectivity index is 1.59. The highest BCUT2D eigenvalue weighted by Crippen LogP contribution is 2.41. The summed E-state index contributed by atoms with van der Waals surface area (Å²) in [6.07, 6.45) is 3.75. The van der Waals surface area contributed by atoms with Gasteiger partial charge in [0, 0.05) is 18.8 Å². The quantitative estimate of drug-likeness (QED) is 0.921. The molecule has 24 heavy (non-hydrogen) atoms. The molecule has 2 fully saturated rings. The predicted octanol–water partition coefficient (Wildman–Crippen LogP) is 3.39. The van der Waals surface area contributed by atoms with Crippen molar-refractivity contribution in [3.63, 3.8) is 0 Å². The van der Waals surface area contributed by atoms with E-state index < -0.39 is 0 Å². The molecule has 1 aliphatic carbocycles. The number of carbonyl (C=O) groups excluding carboxylic acids is 2. The van der Waals surface area contributed by atoms with Gasteiger partial charge in [0.2, 0.25) is 11.8 Å². The van der Waals surface area contributed by atoms with Gasteiger partial charge < -0.3 is 10.2 Å². The predicted molar refractivity (Wildman–Crippen MR) is 95.8 cm³/mol. The molecule has 3 rings (SSSR count). The maximum atomic E-state index is 12.6. The van der Waals surface area contributed by atoms with Crippen LogP contribution in [0.25, 0.3) is 0 Å². The molecule has 1 heterocycles. The van der Waals surface area contributed by atoms with Gasteiger partial charge in [-0.15, -0.1) is 0 Å². The number of rotatable bonds is 4. The van der Waals surface area contributed by atoms with Crippen molar-refractivity contribution in [2.75, 3.05) is 18.4 Å². The van der Waals surface area contributed by atoms with E-state index >= 15 is 0 Å². The average molecular weight is 328 g/mol. The van der Waals surface area contributed by atoms with Crippen LogP contribution in [-0.4, -0.2) is 29.8 Å². The highest BCUT2D eigenvalue weighted by molar-refractivity contribution is 6.00. The molecule has 1 N–H and O–H groups in total. The molecule has 0 aromatic heterocycles. The third-order valence-corrected chi connectivity index (χ3v) is 5.53. The van der Waals surface area contributed by atoms with E-state index in [-0.39, 0.29) is 23.7 Å². The summed E-state index contributed by atoms with van der Waals surface area (Å²) in [5.41, 5.74) is 3.16. The summed E-state index contributed by atoms with van der Waals surface area (Å²) < 4.78 is 0. The summed E-state index contributed by atoms with van der Waals surface area (Å²) in [6, 6.07) is 6.08. The van der Waals surface area contributed by atoms with Crippen LogP contribution in [0.2, 0.25) is 0 Å². The number of amides is 2. The van der Waals surface area contributed by atoms with Crippen LogP contribution >= 0.6 is 0 Å². The Morgan fingerprint density at radius 2 is 1.92 bits per heavy atom. The Bertz CT molecular complexity index is 633. The zero-order valence-electron chi connectivity index (χ0n) is 15.0. The Labute approximate surface area is 144 Å². The summed E-state index contributed by atoms with van der Waals surface area (Å²) in [7, 11) is 0. The Kier molecular flexibility index (Phi) is 4.93. The van der Waals surface area contributed by atoms with Crippen molar-refractivity contribution >= 4 is 17.5 Å². The fourth-order valence-corrected chi connectivity index (χ4v) is 3.64. The molecular formula is C20H28N2O2. The van der Waals surface area contributed by atoms with E-state index in [0.29, 0.717) is 12.3 Å². The Morgan fingerprint density at radius 1 is 1.21 bits per heavy atom. The van der Waals surface area contributed by atoms with Crippen LogP contribution in [0.5, 0.6) is 0 Å². The van der Waals surface area contributed by atoms with Gasteiger partial charge in [0.25, 0.3) is 0 Å². The van der Waals surface area contributed by atoms with Gasteiger partial charge in [-0.25, -0.2) is 0 Å². The molecule has 4 nitrogen and oxygen atoms in total. The number of nitrogens with one attached hydrogen (secondary N) is 1.